The molecule has 1 fully saturated rings. The Morgan fingerprint density at radius 3 is 1.97 bits per heavy atom. The highest BCUT2D eigenvalue weighted by Gasteiger charge is 2.28. The highest BCUT2D eigenvalue weighted by atomic mass is 79.9. The van der Waals surface area contributed by atoms with Gasteiger partial charge < -0.3 is 14.2 Å². The smallest absolute Gasteiger partial charge is 0.309 e. The van der Waals surface area contributed by atoms with Crippen molar-refractivity contribution in [2.75, 3.05) is 14.2 Å². The van der Waals surface area contributed by atoms with Crippen molar-refractivity contribution < 1.29 is 19.0 Å². The lowest BCUT2D eigenvalue weighted by Gasteiger charge is -2.27. The Hall–Kier alpha value is -1.69. The maximum absolute atomic E-state index is 12.6. The van der Waals surface area contributed by atoms with Crippen LogP contribution in [0.25, 0.3) is 0 Å². The van der Waals surface area contributed by atoms with E-state index in [1.165, 1.54) is 37.7 Å². The number of carbonyl (C=O) groups is 1. The van der Waals surface area contributed by atoms with Crippen molar-refractivity contribution in [1.82, 2.24) is 0 Å². The predicted octanol–water partition coefficient (Wildman–Crippen LogP) is 6.91. The molecule has 4 nitrogen and oxygen atoms in total. The summed E-state index contributed by atoms with van der Waals surface area (Å²) in [7, 11) is 3.22. The molecule has 0 amide bonds. The Morgan fingerprint density at radius 2 is 1.47 bits per heavy atom. The van der Waals surface area contributed by atoms with E-state index in [-0.39, 0.29) is 18.2 Å². The maximum Gasteiger partial charge on any atom is 0.309 e. The summed E-state index contributed by atoms with van der Waals surface area (Å²) in [6.07, 6.45) is 7.36. The Balaban J connectivity index is 0.000000380. The summed E-state index contributed by atoms with van der Waals surface area (Å²) in [5.41, 5.74) is 2.34. The van der Waals surface area contributed by atoms with Crippen LogP contribution in [0, 0.1) is 11.8 Å². The first kappa shape index (κ1) is 26.6. The van der Waals surface area contributed by atoms with E-state index in [1.54, 1.807) is 14.2 Å². The number of methoxy groups -OCH3 is 2. The standard InChI is InChI=1S/C20H30O4.C7H7Br/c1-22-19(23-2)14-18(13-16-9-5-3-6-10-16)20(21)24-15-17-11-7-4-8-12-17;8-6-7-4-2-1-3-5-7/h4,7-8,11-12,16,18-19H,3,5-6,9-10,13-15H2,1-2H3;1-5H,6H2/t18-;/m0./s1. The molecule has 0 heterocycles. The van der Waals surface area contributed by atoms with E-state index in [0.717, 1.165) is 17.3 Å². The van der Waals surface area contributed by atoms with Gasteiger partial charge in [0.05, 0.1) is 5.92 Å². The first-order chi connectivity index (χ1) is 15.7. The molecule has 1 aliphatic carbocycles. The lowest BCUT2D eigenvalue weighted by Crippen LogP contribution is -2.27. The van der Waals surface area contributed by atoms with E-state index in [2.05, 4.69) is 28.1 Å². The summed E-state index contributed by atoms with van der Waals surface area (Å²) in [6, 6.07) is 20.1. The van der Waals surface area contributed by atoms with Gasteiger partial charge in [0.2, 0.25) is 0 Å². The van der Waals surface area contributed by atoms with Crippen molar-refractivity contribution in [2.45, 2.75) is 63.2 Å². The van der Waals surface area contributed by atoms with Crippen LogP contribution in [0.5, 0.6) is 0 Å². The third-order valence-corrected chi connectivity index (χ3v) is 6.55. The Morgan fingerprint density at radius 1 is 0.906 bits per heavy atom. The van der Waals surface area contributed by atoms with Gasteiger partial charge in [0.25, 0.3) is 0 Å². The molecule has 0 unspecified atom stereocenters. The van der Waals surface area contributed by atoms with Crippen LogP contribution in [0.3, 0.4) is 0 Å². The molecular weight excluding hydrogens is 468 g/mol. The van der Waals surface area contributed by atoms with Gasteiger partial charge in [0.15, 0.2) is 6.29 Å². The van der Waals surface area contributed by atoms with Crippen molar-refractivity contribution >= 4 is 21.9 Å². The number of hydrogen-bond donors (Lipinski definition) is 0. The molecule has 176 valence electrons. The quantitative estimate of drug-likeness (QED) is 0.200. The van der Waals surface area contributed by atoms with Gasteiger partial charge in [-0.05, 0) is 23.5 Å². The second-order valence-corrected chi connectivity index (χ2v) is 8.85. The third-order valence-electron chi connectivity index (χ3n) is 5.90. The molecule has 0 N–H and O–H groups in total. The number of alkyl halides is 1. The lowest BCUT2D eigenvalue weighted by molar-refractivity contribution is -0.159. The first-order valence-electron chi connectivity index (χ1n) is 11.5. The predicted molar refractivity (Wildman–Crippen MR) is 132 cm³/mol. The Kier molecular flexibility index (Phi) is 13.3. The SMILES string of the molecule is BrCc1ccccc1.COC(C[C@H](CC1CCCCC1)C(=O)OCc1ccccc1)OC. The number of ether oxygens (including phenoxy) is 3. The van der Waals surface area contributed by atoms with E-state index in [4.69, 9.17) is 14.2 Å². The van der Waals surface area contributed by atoms with E-state index in [9.17, 15) is 4.79 Å². The minimum absolute atomic E-state index is 0.136. The molecular formula is C27H37BrO4. The van der Waals surface area contributed by atoms with Gasteiger partial charge in [-0.2, -0.15) is 0 Å². The van der Waals surface area contributed by atoms with Gasteiger partial charge in [-0.25, -0.2) is 0 Å². The average molecular weight is 505 g/mol. The summed E-state index contributed by atoms with van der Waals surface area (Å²) >= 11 is 3.36. The van der Waals surface area contributed by atoms with E-state index < -0.39 is 0 Å². The number of halogens is 1. The van der Waals surface area contributed by atoms with Crippen LogP contribution in [0.15, 0.2) is 60.7 Å². The average Bonchev–Trinajstić information content (AvgIpc) is 2.87. The zero-order chi connectivity index (χ0) is 23.0. The summed E-state index contributed by atoms with van der Waals surface area (Å²) < 4.78 is 16.2. The number of hydrogen-bond acceptors (Lipinski definition) is 4. The second kappa shape index (κ2) is 16.0. The molecule has 0 spiro atoms. The fourth-order valence-electron chi connectivity index (χ4n) is 4.05. The first-order valence-corrected chi connectivity index (χ1v) is 12.6. The monoisotopic (exact) mass is 504 g/mol. The molecule has 3 rings (SSSR count). The summed E-state index contributed by atoms with van der Waals surface area (Å²) in [6.45, 7) is 0.325. The molecule has 0 bridgehead atoms. The largest absolute Gasteiger partial charge is 0.461 e. The second-order valence-electron chi connectivity index (χ2n) is 8.29. The van der Waals surface area contributed by atoms with Gasteiger partial charge in [-0.15, -0.1) is 0 Å². The topological polar surface area (TPSA) is 44.8 Å². The zero-order valence-electron chi connectivity index (χ0n) is 19.4. The highest BCUT2D eigenvalue weighted by molar-refractivity contribution is 9.08. The molecule has 0 saturated heterocycles. The Bertz CT molecular complexity index is 728. The van der Waals surface area contributed by atoms with Crippen LogP contribution in [0.1, 0.15) is 56.1 Å². The highest BCUT2D eigenvalue weighted by Crippen LogP contribution is 2.31. The van der Waals surface area contributed by atoms with Crippen LogP contribution in [0.4, 0.5) is 0 Å². The molecule has 0 aromatic heterocycles. The fourth-order valence-corrected chi connectivity index (χ4v) is 4.42. The van der Waals surface area contributed by atoms with E-state index in [1.807, 2.05) is 48.5 Å². The maximum atomic E-state index is 12.6. The van der Waals surface area contributed by atoms with Crippen molar-refractivity contribution in [1.29, 1.82) is 0 Å². The van der Waals surface area contributed by atoms with E-state index in [0.29, 0.717) is 18.9 Å². The zero-order valence-corrected chi connectivity index (χ0v) is 21.0. The van der Waals surface area contributed by atoms with Gasteiger partial charge in [0.1, 0.15) is 6.61 Å². The number of rotatable bonds is 10. The minimum Gasteiger partial charge on any atom is -0.461 e. The van der Waals surface area contributed by atoms with Crippen molar-refractivity contribution in [3.05, 3.63) is 71.8 Å². The van der Waals surface area contributed by atoms with Gasteiger partial charge >= 0.3 is 5.97 Å². The molecule has 1 aliphatic rings. The van der Waals surface area contributed by atoms with Gasteiger partial charge in [-0.3, -0.25) is 4.79 Å². The van der Waals surface area contributed by atoms with Crippen LogP contribution < -0.4 is 0 Å². The van der Waals surface area contributed by atoms with Gasteiger partial charge in [0, 0.05) is 26.0 Å². The number of benzene rings is 2. The van der Waals surface area contributed by atoms with Crippen molar-refractivity contribution in [2.24, 2.45) is 11.8 Å². The Labute approximate surface area is 201 Å². The summed E-state index contributed by atoms with van der Waals surface area (Å²) in [4.78, 5) is 12.6. The number of esters is 1. The molecule has 0 aliphatic heterocycles. The fraction of sp³-hybridized carbons (Fsp3) is 0.519. The van der Waals surface area contributed by atoms with Crippen LogP contribution in [-0.2, 0) is 30.9 Å². The van der Waals surface area contributed by atoms with Crippen LogP contribution >= 0.6 is 15.9 Å². The third kappa shape index (κ3) is 10.3. The normalized spacial score (nSPS) is 15.0. The summed E-state index contributed by atoms with van der Waals surface area (Å²) in [5, 5.41) is 0.952. The minimum atomic E-state index is -0.358. The van der Waals surface area contributed by atoms with E-state index >= 15 is 0 Å². The van der Waals surface area contributed by atoms with Crippen molar-refractivity contribution in [3.8, 4) is 0 Å². The number of carbonyl (C=O) groups excluding carboxylic acids is 1. The van der Waals surface area contributed by atoms with Gasteiger partial charge in [-0.1, -0.05) is 109 Å². The molecule has 5 heteroatoms. The molecule has 1 saturated carbocycles. The lowest BCUT2D eigenvalue weighted by atomic mass is 9.82. The molecule has 2 aromatic carbocycles. The molecule has 1 atom stereocenters. The molecule has 2 aromatic rings. The molecule has 32 heavy (non-hydrogen) atoms. The van der Waals surface area contributed by atoms with Crippen LogP contribution in [0.2, 0.25) is 0 Å². The van der Waals surface area contributed by atoms with Crippen molar-refractivity contribution in [3.63, 3.8) is 0 Å². The summed E-state index contributed by atoms with van der Waals surface area (Å²) in [5.74, 6) is 0.313. The van der Waals surface area contributed by atoms with Crippen LogP contribution in [-0.4, -0.2) is 26.5 Å². The molecule has 0 radical (unpaired) electrons.